The number of para-hydroxylation sites is 1. The van der Waals surface area contributed by atoms with Gasteiger partial charge in [0, 0.05) is 63.5 Å². The summed E-state index contributed by atoms with van der Waals surface area (Å²) in [6.07, 6.45) is 6.27. The molecule has 0 aliphatic carbocycles. The van der Waals surface area contributed by atoms with Gasteiger partial charge in [-0.05, 0) is 118 Å². The number of anilines is 1. The quantitative estimate of drug-likeness (QED) is 0.347. The lowest BCUT2D eigenvalue weighted by atomic mass is 9.75. The summed E-state index contributed by atoms with van der Waals surface area (Å²) in [6, 6.07) is 11.7. The number of aliphatic hydroxyl groups is 1. The number of nitrogens with one attached hydrogen (secondary N) is 1. The van der Waals surface area contributed by atoms with Gasteiger partial charge in [-0.15, -0.1) is 0 Å². The van der Waals surface area contributed by atoms with Crippen LogP contribution in [0.1, 0.15) is 56.6 Å². The molecule has 3 saturated heterocycles. The lowest BCUT2D eigenvalue weighted by Crippen LogP contribution is -2.53. The number of likely N-dealkylation sites (tertiary alicyclic amines) is 2. The highest BCUT2D eigenvalue weighted by Crippen LogP contribution is 2.38. The average molecular weight is 886 g/mol. The number of phenolic OH excluding ortho intramolecular Hbond substituents is 1. The van der Waals surface area contributed by atoms with Crippen LogP contribution in [0.2, 0.25) is 0 Å². The molecular weight excluding hydrogens is 834 g/mol. The normalized spacial score (nSPS) is 20.7. The van der Waals surface area contributed by atoms with E-state index in [2.05, 4.69) is 43.2 Å². The molecule has 4 heterocycles. The number of urea groups is 1. The number of hydrogen-bond acceptors (Lipinski definition) is 8. The van der Waals surface area contributed by atoms with Crippen LogP contribution in [0.4, 0.5) is 15.3 Å². The van der Waals surface area contributed by atoms with Crippen molar-refractivity contribution in [3.8, 4) is 5.75 Å². The molecule has 4 aliphatic heterocycles. The van der Waals surface area contributed by atoms with Crippen LogP contribution in [0.25, 0.3) is 0 Å². The van der Waals surface area contributed by atoms with Gasteiger partial charge >= 0.3 is 12.1 Å². The van der Waals surface area contributed by atoms with Gasteiger partial charge < -0.3 is 35.0 Å². The fourth-order valence-electron chi connectivity index (χ4n) is 7.97. The van der Waals surface area contributed by atoms with Crippen molar-refractivity contribution >= 4 is 65.6 Å². The van der Waals surface area contributed by atoms with Gasteiger partial charge in [0.05, 0.1) is 27.9 Å². The lowest BCUT2D eigenvalue weighted by molar-refractivity contribution is -0.139. The summed E-state index contributed by atoms with van der Waals surface area (Å²) in [5.41, 5.74) is 2.18. The number of methoxy groups -OCH3 is 1. The smallest absolute Gasteiger partial charge is 0.409 e. The zero-order valence-electron chi connectivity index (χ0n) is 30.6. The number of nitrogens with zero attached hydrogens (tertiary/aromatic N) is 4. The molecule has 292 valence electrons. The van der Waals surface area contributed by atoms with E-state index >= 15 is 0 Å². The fourth-order valence-corrected chi connectivity index (χ4v) is 10.1. The van der Waals surface area contributed by atoms with Gasteiger partial charge in [0.15, 0.2) is 0 Å². The molecule has 53 heavy (non-hydrogen) atoms. The number of aromatic hydroxyl groups is 1. The molecule has 2 aromatic rings. The number of sulfonamides is 1. The van der Waals surface area contributed by atoms with Crippen LogP contribution in [-0.4, -0.2) is 126 Å². The summed E-state index contributed by atoms with van der Waals surface area (Å²) >= 11 is 6.66. The van der Waals surface area contributed by atoms with Gasteiger partial charge in [-0.1, -0.05) is 25.1 Å². The molecule has 13 nitrogen and oxygen atoms in total. The zero-order valence-corrected chi connectivity index (χ0v) is 34.6. The maximum atomic E-state index is 13.0. The predicted octanol–water partition coefficient (Wildman–Crippen LogP) is 5.43. The topological polar surface area (TPSA) is 160 Å². The monoisotopic (exact) mass is 883 g/mol. The molecule has 6 rings (SSSR count). The second-order valence-electron chi connectivity index (χ2n) is 14.6. The Kier molecular flexibility index (Phi) is 13.8. The molecule has 4 aliphatic rings. The third-order valence-electron chi connectivity index (χ3n) is 11.1. The summed E-state index contributed by atoms with van der Waals surface area (Å²) in [5.74, 6) is 0.126. The Morgan fingerprint density at radius 3 is 2.13 bits per heavy atom. The number of halogens is 2. The van der Waals surface area contributed by atoms with Gasteiger partial charge in [-0.3, -0.25) is 4.79 Å². The van der Waals surface area contributed by atoms with E-state index in [0.29, 0.717) is 74.0 Å². The molecule has 0 radical (unpaired) electrons. The van der Waals surface area contributed by atoms with Gasteiger partial charge in [-0.2, -0.15) is 0 Å². The van der Waals surface area contributed by atoms with Gasteiger partial charge in [0.1, 0.15) is 5.75 Å². The van der Waals surface area contributed by atoms with Crippen molar-refractivity contribution in [1.82, 2.24) is 19.0 Å². The predicted molar refractivity (Wildman–Crippen MR) is 209 cm³/mol. The Hall–Kier alpha value is -2.92. The number of carbonyl (C=O) groups excluding carboxylic acids is 3. The van der Waals surface area contributed by atoms with Crippen LogP contribution in [0.15, 0.2) is 45.3 Å². The Labute approximate surface area is 329 Å². The minimum absolute atomic E-state index is 0.0403. The van der Waals surface area contributed by atoms with Crippen molar-refractivity contribution in [2.75, 3.05) is 64.5 Å². The second kappa shape index (κ2) is 17.7. The molecule has 0 aromatic heterocycles. The molecular formula is C37H51Br2N5O8S. The molecule has 3 N–H and O–H groups in total. The molecule has 16 heteroatoms. The van der Waals surface area contributed by atoms with Crippen molar-refractivity contribution in [2.24, 2.45) is 11.8 Å². The molecule has 0 unspecified atom stereocenters. The minimum Gasteiger partial charge on any atom is -0.506 e. The van der Waals surface area contributed by atoms with Crippen LogP contribution >= 0.6 is 31.9 Å². The van der Waals surface area contributed by atoms with Gasteiger partial charge in [0.2, 0.25) is 15.9 Å². The van der Waals surface area contributed by atoms with Crippen LogP contribution in [0.3, 0.4) is 0 Å². The van der Waals surface area contributed by atoms with Crippen LogP contribution in [-0.2, 0) is 32.4 Å². The van der Waals surface area contributed by atoms with E-state index in [1.807, 2.05) is 47.1 Å². The maximum absolute atomic E-state index is 13.0. The van der Waals surface area contributed by atoms with Crippen LogP contribution in [0, 0.1) is 11.8 Å². The molecule has 0 bridgehead atoms. The van der Waals surface area contributed by atoms with Crippen LogP contribution < -0.4 is 5.32 Å². The molecule has 3 fully saturated rings. The maximum Gasteiger partial charge on any atom is 0.409 e. The SMILES string of the molecule is COC(=O)N1CCC(N2CCc3ccccc3NC2=O)CC1.C[C@H](Cc1cc(Br)c(O)c(Br)c1)C(=O)N1CCC(C2(O)CCN(S(C)(=O)=O)CC2)CC1. The third-order valence-corrected chi connectivity index (χ3v) is 13.7. The fraction of sp³-hybridized carbons (Fsp3) is 0.595. The molecule has 0 spiro atoms. The Morgan fingerprint density at radius 1 is 0.962 bits per heavy atom. The first-order chi connectivity index (χ1) is 25.1. The highest BCUT2D eigenvalue weighted by molar-refractivity contribution is 9.11. The standard InChI is InChI=1S/C21H30Br2N2O5S.C16H21N3O3/c1-14(11-15-12-17(22)19(26)18(23)13-15)20(27)24-7-3-16(4-8-24)21(28)5-9-25(10-6-21)31(2,29)30;1-22-16(21)18-9-7-13(8-10-18)19-11-6-12-4-2-3-5-14(12)17-15(19)20/h12-14,16,26,28H,3-11H2,1-2H3;2-5,13H,6-11H2,1H3,(H,17,20)/t14-;/m1./s1. The van der Waals surface area contributed by atoms with E-state index in [1.165, 1.54) is 23.2 Å². The lowest BCUT2D eigenvalue weighted by Gasteiger charge is -2.45. The first-order valence-corrected chi connectivity index (χ1v) is 21.6. The van der Waals surface area contributed by atoms with E-state index in [9.17, 15) is 33.0 Å². The minimum atomic E-state index is -3.22. The second-order valence-corrected chi connectivity index (χ2v) is 18.3. The number of piperidine rings is 3. The number of carbonyl (C=O) groups is 3. The first kappa shape index (κ1) is 41.2. The van der Waals surface area contributed by atoms with Crippen molar-refractivity contribution in [1.29, 1.82) is 0 Å². The number of amides is 4. The van der Waals surface area contributed by atoms with E-state index in [0.717, 1.165) is 43.4 Å². The summed E-state index contributed by atoms with van der Waals surface area (Å²) in [5, 5.41) is 24.0. The highest BCUT2D eigenvalue weighted by Gasteiger charge is 2.43. The largest absolute Gasteiger partial charge is 0.506 e. The number of benzene rings is 2. The Balaban J connectivity index is 0.000000216. The first-order valence-electron chi connectivity index (χ1n) is 18.2. The summed E-state index contributed by atoms with van der Waals surface area (Å²) in [7, 11) is -1.82. The number of phenols is 1. The summed E-state index contributed by atoms with van der Waals surface area (Å²) < 4.78 is 30.8. The summed E-state index contributed by atoms with van der Waals surface area (Å²) in [6.45, 7) is 5.81. The van der Waals surface area contributed by atoms with E-state index < -0.39 is 15.6 Å². The molecule has 0 saturated carbocycles. The van der Waals surface area contributed by atoms with Crippen molar-refractivity contribution in [2.45, 2.75) is 69.9 Å². The summed E-state index contributed by atoms with van der Waals surface area (Å²) in [4.78, 5) is 42.4. The van der Waals surface area contributed by atoms with Crippen molar-refractivity contribution in [3.63, 3.8) is 0 Å². The van der Waals surface area contributed by atoms with Crippen molar-refractivity contribution in [3.05, 3.63) is 56.5 Å². The molecule has 1 atom stereocenters. The number of ether oxygens (including phenoxy) is 1. The number of fused-ring (bicyclic) bond motifs is 1. The Morgan fingerprint density at radius 2 is 1.55 bits per heavy atom. The van der Waals surface area contributed by atoms with E-state index in [1.54, 1.807) is 4.90 Å². The third kappa shape index (κ3) is 10.2. The molecule has 2 aromatic carbocycles. The van der Waals surface area contributed by atoms with Crippen molar-refractivity contribution < 1.29 is 37.8 Å². The van der Waals surface area contributed by atoms with E-state index in [-0.39, 0.29) is 41.7 Å². The zero-order chi connectivity index (χ0) is 38.5. The van der Waals surface area contributed by atoms with Gasteiger partial charge in [0.25, 0.3) is 0 Å². The van der Waals surface area contributed by atoms with Gasteiger partial charge in [-0.25, -0.2) is 22.3 Å². The highest BCUT2D eigenvalue weighted by atomic mass is 79.9. The Bertz CT molecular complexity index is 1720. The van der Waals surface area contributed by atoms with E-state index in [4.69, 9.17) is 4.74 Å². The average Bonchev–Trinajstić information content (AvgIpc) is 3.31. The number of hydrogen-bond donors (Lipinski definition) is 3. The van der Waals surface area contributed by atoms with Crippen LogP contribution in [0.5, 0.6) is 5.75 Å². The molecule has 4 amide bonds. The number of rotatable bonds is 6.